The normalized spacial score (nSPS) is 19.0. The lowest BCUT2D eigenvalue weighted by Gasteiger charge is -2.32. The Labute approximate surface area is 120 Å². The van der Waals surface area contributed by atoms with Crippen LogP contribution in [0.15, 0.2) is 29.8 Å². The first-order valence-electron chi connectivity index (χ1n) is 6.62. The third kappa shape index (κ3) is 2.51. The van der Waals surface area contributed by atoms with Crippen molar-refractivity contribution in [1.82, 2.24) is 14.9 Å². The Morgan fingerprint density at radius 1 is 1.40 bits per heavy atom. The summed E-state index contributed by atoms with van der Waals surface area (Å²) in [6.45, 7) is 0.594. The fraction of sp³-hybridized carbons (Fsp3) is 0.357. The molecule has 2 aromatic rings. The van der Waals surface area contributed by atoms with E-state index in [9.17, 15) is 9.90 Å². The summed E-state index contributed by atoms with van der Waals surface area (Å²) in [5.74, 6) is 0. The van der Waals surface area contributed by atoms with Crippen LogP contribution in [0.2, 0.25) is 0 Å². The molecule has 6 heteroatoms. The molecule has 104 valence electrons. The molecule has 3 heterocycles. The van der Waals surface area contributed by atoms with Crippen molar-refractivity contribution in [3.8, 4) is 10.7 Å². The Hall–Kier alpha value is -1.95. The molecule has 0 aliphatic carbocycles. The molecule has 1 amide bonds. The van der Waals surface area contributed by atoms with Gasteiger partial charge in [-0.15, -0.1) is 11.3 Å². The molecule has 1 aliphatic heterocycles. The maximum atomic E-state index is 11.3. The van der Waals surface area contributed by atoms with Gasteiger partial charge in [0.1, 0.15) is 5.01 Å². The largest absolute Gasteiger partial charge is 0.465 e. The lowest BCUT2D eigenvalue weighted by atomic mass is 10.0. The van der Waals surface area contributed by atoms with Crippen molar-refractivity contribution in [3.05, 3.63) is 35.5 Å². The Kier molecular flexibility index (Phi) is 3.64. The van der Waals surface area contributed by atoms with E-state index in [0.717, 1.165) is 35.7 Å². The molecule has 0 saturated carbocycles. The van der Waals surface area contributed by atoms with Crippen LogP contribution in [0, 0.1) is 0 Å². The summed E-state index contributed by atoms with van der Waals surface area (Å²) in [7, 11) is 0. The molecule has 0 bridgehead atoms. The topological polar surface area (TPSA) is 66.3 Å². The molecule has 0 aromatic carbocycles. The summed E-state index contributed by atoms with van der Waals surface area (Å²) in [5.41, 5.74) is 1.68. The van der Waals surface area contributed by atoms with E-state index >= 15 is 0 Å². The van der Waals surface area contributed by atoms with Gasteiger partial charge in [-0.2, -0.15) is 0 Å². The van der Waals surface area contributed by atoms with Crippen molar-refractivity contribution in [2.45, 2.75) is 25.3 Å². The fourth-order valence-corrected chi connectivity index (χ4v) is 3.36. The molecule has 1 fully saturated rings. The van der Waals surface area contributed by atoms with E-state index in [-0.39, 0.29) is 6.04 Å². The maximum Gasteiger partial charge on any atom is 0.407 e. The van der Waals surface area contributed by atoms with Gasteiger partial charge in [0.15, 0.2) is 0 Å². The molecule has 1 saturated heterocycles. The van der Waals surface area contributed by atoms with Crippen molar-refractivity contribution < 1.29 is 9.90 Å². The van der Waals surface area contributed by atoms with E-state index in [2.05, 4.69) is 9.97 Å². The number of piperidine rings is 1. The summed E-state index contributed by atoms with van der Waals surface area (Å²) in [5, 5.41) is 12.1. The number of nitrogens with zero attached hydrogens (tertiary/aromatic N) is 3. The first-order chi connectivity index (χ1) is 9.75. The highest BCUT2D eigenvalue weighted by Gasteiger charge is 2.29. The lowest BCUT2D eigenvalue weighted by Crippen LogP contribution is -2.37. The molecule has 1 aliphatic rings. The van der Waals surface area contributed by atoms with Crippen LogP contribution >= 0.6 is 11.3 Å². The number of carboxylic acid groups (broad SMARTS) is 1. The lowest BCUT2D eigenvalue weighted by molar-refractivity contribution is 0.105. The summed E-state index contributed by atoms with van der Waals surface area (Å²) < 4.78 is 0. The van der Waals surface area contributed by atoms with Gasteiger partial charge in [0.05, 0.1) is 17.4 Å². The van der Waals surface area contributed by atoms with E-state index in [1.54, 1.807) is 6.20 Å². The number of likely N-dealkylation sites (tertiary alicyclic amines) is 1. The zero-order valence-electron chi connectivity index (χ0n) is 10.9. The number of carbonyl (C=O) groups is 1. The van der Waals surface area contributed by atoms with Crippen LogP contribution in [0.3, 0.4) is 0 Å². The second kappa shape index (κ2) is 5.58. The minimum absolute atomic E-state index is 0.116. The number of pyridine rings is 1. The van der Waals surface area contributed by atoms with E-state index in [0.29, 0.717) is 6.54 Å². The van der Waals surface area contributed by atoms with Gasteiger partial charge in [-0.05, 0) is 31.4 Å². The van der Waals surface area contributed by atoms with Gasteiger partial charge in [0.2, 0.25) is 0 Å². The molecule has 1 atom stereocenters. The highest BCUT2D eigenvalue weighted by Crippen LogP contribution is 2.33. The van der Waals surface area contributed by atoms with Crippen LogP contribution in [0.25, 0.3) is 10.7 Å². The van der Waals surface area contributed by atoms with Crippen molar-refractivity contribution in [1.29, 1.82) is 0 Å². The fourth-order valence-electron chi connectivity index (χ4n) is 2.51. The minimum atomic E-state index is -0.859. The quantitative estimate of drug-likeness (QED) is 0.920. The number of thiazole rings is 1. The average molecular weight is 289 g/mol. The third-order valence-corrected chi connectivity index (χ3v) is 4.38. The van der Waals surface area contributed by atoms with E-state index in [4.69, 9.17) is 0 Å². The van der Waals surface area contributed by atoms with Gasteiger partial charge in [-0.25, -0.2) is 9.78 Å². The van der Waals surface area contributed by atoms with E-state index in [1.165, 1.54) is 16.2 Å². The van der Waals surface area contributed by atoms with Crippen LogP contribution in [-0.2, 0) is 0 Å². The molecular formula is C14H15N3O2S. The molecular weight excluding hydrogens is 274 g/mol. The predicted octanol–water partition coefficient (Wildman–Crippen LogP) is 3.41. The average Bonchev–Trinajstić information content (AvgIpc) is 2.98. The molecule has 20 heavy (non-hydrogen) atoms. The first-order valence-corrected chi connectivity index (χ1v) is 7.50. The second-order valence-corrected chi connectivity index (χ2v) is 5.64. The molecule has 0 spiro atoms. The van der Waals surface area contributed by atoms with E-state index in [1.807, 2.05) is 23.6 Å². The van der Waals surface area contributed by atoms with Crippen LogP contribution < -0.4 is 0 Å². The summed E-state index contributed by atoms with van der Waals surface area (Å²) in [6.07, 6.45) is 3.70. The van der Waals surface area contributed by atoms with Gasteiger partial charge in [0, 0.05) is 18.1 Å². The summed E-state index contributed by atoms with van der Waals surface area (Å²) in [4.78, 5) is 21.7. The molecule has 0 unspecified atom stereocenters. The van der Waals surface area contributed by atoms with Crippen molar-refractivity contribution in [2.24, 2.45) is 0 Å². The Bertz CT molecular complexity index is 599. The SMILES string of the molecule is O=C(O)N1CCCC[C@@H]1c1csc(-c2ccccn2)n1. The van der Waals surface area contributed by atoms with Crippen LogP contribution in [0.5, 0.6) is 0 Å². The van der Waals surface area contributed by atoms with Crippen molar-refractivity contribution in [3.63, 3.8) is 0 Å². The summed E-state index contributed by atoms with van der Waals surface area (Å²) >= 11 is 1.52. The number of hydrogen-bond donors (Lipinski definition) is 1. The predicted molar refractivity (Wildman–Crippen MR) is 76.7 cm³/mol. The van der Waals surface area contributed by atoms with Crippen LogP contribution in [-0.4, -0.2) is 32.6 Å². The standard InChI is InChI=1S/C14H15N3O2S/c18-14(19)17-8-4-2-6-12(17)11-9-20-13(16-11)10-5-1-3-7-15-10/h1,3,5,7,9,12H,2,4,6,8H2,(H,18,19)/t12-/m1/s1. The molecule has 3 rings (SSSR count). The smallest absolute Gasteiger partial charge is 0.407 e. The number of aromatic nitrogens is 2. The van der Waals surface area contributed by atoms with Gasteiger partial charge in [0.25, 0.3) is 0 Å². The van der Waals surface area contributed by atoms with Gasteiger partial charge < -0.3 is 5.11 Å². The number of amides is 1. The zero-order valence-corrected chi connectivity index (χ0v) is 11.7. The Morgan fingerprint density at radius 3 is 3.05 bits per heavy atom. The zero-order chi connectivity index (χ0) is 13.9. The van der Waals surface area contributed by atoms with Crippen LogP contribution in [0.4, 0.5) is 4.79 Å². The van der Waals surface area contributed by atoms with Crippen LogP contribution in [0.1, 0.15) is 31.0 Å². The van der Waals surface area contributed by atoms with E-state index < -0.39 is 6.09 Å². The number of hydrogen-bond acceptors (Lipinski definition) is 4. The second-order valence-electron chi connectivity index (χ2n) is 4.78. The number of rotatable bonds is 2. The maximum absolute atomic E-state index is 11.3. The highest BCUT2D eigenvalue weighted by molar-refractivity contribution is 7.13. The Morgan fingerprint density at radius 2 is 2.30 bits per heavy atom. The summed E-state index contributed by atoms with van der Waals surface area (Å²) in [6, 6.07) is 5.59. The molecule has 5 nitrogen and oxygen atoms in total. The monoisotopic (exact) mass is 289 g/mol. The first kappa shape index (κ1) is 13.1. The molecule has 0 radical (unpaired) electrons. The van der Waals surface area contributed by atoms with Gasteiger partial charge >= 0.3 is 6.09 Å². The molecule has 2 aromatic heterocycles. The van der Waals surface area contributed by atoms with Crippen molar-refractivity contribution >= 4 is 17.4 Å². The third-order valence-electron chi connectivity index (χ3n) is 3.50. The Balaban J connectivity index is 1.87. The van der Waals surface area contributed by atoms with Gasteiger partial charge in [-0.1, -0.05) is 6.07 Å². The highest BCUT2D eigenvalue weighted by atomic mass is 32.1. The molecule has 1 N–H and O–H groups in total. The minimum Gasteiger partial charge on any atom is -0.465 e. The van der Waals surface area contributed by atoms with Gasteiger partial charge in [-0.3, -0.25) is 9.88 Å². The van der Waals surface area contributed by atoms with Crippen molar-refractivity contribution in [2.75, 3.05) is 6.54 Å².